The van der Waals surface area contributed by atoms with Crippen molar-refractivity contribution < 1.29 is 21.0 Å². The first-order chi connectivity index (χ1) is 9.80. The van der Waals surface area contributed by atoms with E-state index in [9.17, 15) is 21.0 Å². The Kier molecular flexibility index (Phi) is 3.92. The van der Waals surface area contributed by atoms with E-state index in [4.69, 9.17) is 0 Å². The average molecular weight is 360 g/mol. The van der Waals surface area contributed by atoms with Gasteiger partial charge in [0.2, 0.25) is 0 Å². The normalized spacial score (nSPS) is 15.6. The molecule has 2 aromatic carbocycles. The SMILES string of the molecule is C=S(C)(=O)c1cc(S(C)(=O)=O)c2ccc(S(C)(=O)=O)cc2c1. The van der Waals surface area contributed by atoms with Crippen LogP contribution in [0.5, 0.6) is 0 Å². The van der Waals surface area contributed by atoms with E-state index in [0.29, 0.717) is 10.8 Å². The third-order valence-electron chi connectivity index (χ3n) is 3.19. The van der Waals surface area contributed by atoms with Crippen molar-refractivity contribution >= 4 is 45.8 Å². The van der Waals surface area contributed by atoms with Crippen LogP contribution in [-0.2, 0) is 29.2 Å². The average Bonchev–Trinajstić information content (AvgIpc) is 2.33. The molecule has 1 unspecified atom stereocenters. The van der Waals surface area contributed by atoms with Gasteiger partial charge in [-0.2, -0.15) is 0 Å². The second-order valence-electron chi connectivity index (χ2n) is 5.35. The molecule has 22 heavy (non-hydrogen) atoms. The highest BCUT2D eigenvalue weighted by Crippen LogP contribution is 2.29. The van der Waals surface area contributed by atoms with Gasteiger partial charge in [-0.15, -0.1) is 0 Å². The van der Waals surface area contributed by atoms with Crippen LogP contribution in [0.2, 0.25) is 0 Å². The second-order valence-corrected chi connectivity index (χ2v) is 11.8. The molecular weight excluding hydrogens is 344 g/mol. The van der Waals surface area contributed by atoms with E-state index in [1.807, 2.05) is 0 Å². The van der Waals surface area contributed by atoms with Gasteiger partial charge >= 0.3 is 0 Å². The molecule has 0 fully saturated rings. The lowest BCUT2D eigenvalue weighted by Gasteiger charge is -2.11. The number of hydrogen-bond acceptors (Lipinski definition) is 5. The summed E-state index contributed by atoms with van der Waals surface area (Å²) in [6, 6.07) is 7.06. The molecular formula is C14H16O5S3. The van der Waals surface area contributed by atoms with E-state index >= 15 is 0 Å². The maximum Gasteiger partial charge on any atom is 0.176 e. The molecule has 0 bridgehead atoms. The van der Waals surface area contributed by atoms with Crippen LogP contribution in [0, 0.1) is 0 Å². The highest BCUT2D eigenvalue weighted by atomic mass is 32.2. The minimum absolute atomic E-state index is 0.0123. The monoisotopic (exact) mass is 360 g/mol. The molecule has 8 heteroatoms. The minimum atomic E-state index is -3.56. The lowest BCUT2D eigenvalue weighted by Crippen LogP contribution is -2.04. The summed E-state index contributed by atoms with van der Waals surface area (Å²) in [5.41, 5.74) is 0. The molecule has 0 aliphatic heterocycles. The van der Waals surface area contributed by atoms with Crippen molar-refractivity contribution in [2.75, 3.05) is 18.8 Å². The standard InChI is InChI=1S/C14H16O5S3/c1-20(2,15)12-8-10-7-11(21(3,16)17)5-6-13(10)14(9-12)22(4,18)19/h5-9H,1H2,2-4H3. The number of benzene rings is 2. The lowest BCUT2D eigenvalue weighted by molar-refractivity contribution is 0.601. The molecule has 0 amide bonds. The second kappa shape index (κ2) is 5.07. The predicted octanol–water partition coefficient (Wildman–Crippen LogP) is 1.35. The van der Waals surface area contributed by atoms with Crippen LogP contribution >= 0.6 is 0 Å². The van der Waals surface area contributed by atoms with Crippen molar-refractivity contribution in [3.05, 3.63) is 30.3 Å². The van der Waals surface area contributed by atoms with Gasteiger partial charge < -0.3 is 0 Å². The van der Waals surface area contributed by atoms with Crippen molar-refractivity contribution in [1.82, 2.24) is 0 Å². The predicted molar refractivity (Wildman–Crippen MR) is 89.6 cm³/mol. The van der Waals surface area contributed by atoms with E-state index in [2.05, 4.69) is 5.87 Å². The molecule has 1 atom stereocenters. The maximum absolute atomic E-state index is 12.2. The van der Waals surface area contributed by atoms with Gasteiger partial charge in [0.25, 0.3) is 0 Å². The van der Waals surface area contributed by atoms with Crippen LogP contribution in [0.4, 0.5) is 0 Å². The van der Waals surface area contributed by atoms with Crippen LogP contribution in [0.3, 0.4) is 0 Å². The first kappa shape index (κ1) is 17.0. The summed E-state index contributed by atoms with van der Waals surface area (Å²) in [5.74, 6) is 3.56. The Morgan fingerprint density at radius 2 is 1.32 bits per heavy atom. The van der Waals surface area contributed by atoms with Crippen LogP contribution in [0.25, 0.3) is 10.8 Å². The van der Waals surface area contributed by atoms with E-state index in [1.54, 1.807) is 0 Å². The topological polar surface area (TPSA) is 85.3 Å². The van der Waals surface area contributed by atoms with Gasteiger partial charge in [0.1, 0.15) is 0 Å². The highest BCUT2D eigenvalue weighted by Gasteiger charge is 2.17. The maximum atomic E-state index is 12.2. The summed E-state index contributed by atoms with van der Waals surface area (Å²) in [6.07, 6.45) is 3.52. The third-order valence-corrected chi connectivity index (χ3v) is 6.67. The fourth-order valence-corrected chi connectivity index (χ4v) is 4.47. The summed E-state index contributed by atoms with van der Waals surface area (Å²) in [4.78, 5) is 0.354. The van der Waals surface area contributed by atoms with Crippen molar-refractivity contribution in [2.24, 2.45) is 0 Å². The van der Waals surface area contributed by atoms with Crippen molar-refractivity contribution in [3.63, 3.8) is 0 Å². The summed E-state index contributed by atoms with van der Waals surface area (Å²) in [5, 5.41) is 0.793. The van der Waals surface area contributed by atoms with E-state index in [0.717, 1.165) is 12.5 Å². The number of rotatable bonds is 3. The Hall–Kier alpha value is -1.38. The summed E-state index contributed by atoms with van der Waals surface area (Å²) >= 11 is 0. The zero-order valence-corrected chi connectivity index (χ0v) is 14.8. The fraction of sp³-hybridized carbons (Fsp3) is 0.214. The molecule has 0 spiro atoms. The van der Waals surface area contributed by atoms with Crippen molar-refractivity contribution in [2.45, 2.75) is 14.7 Å². The summed E-state index contributed by atoms with van der Waals surface area (Å²) in [6.45, 7) is 0. The first-order valence-corrected chi connectivity index (χ1v) is 12.0. The fourth-order valence-electron chi connectivity index (χ4n) is 2.07. The largest absolute Gasteiger partial charge is 0.263 e. The van der Waals surface area contributed by atoms with Gasteiger partial charge in [0.15, 0.2) is 19.7 Å². The summed E-state index contributed by atoms with van der Waals surface area (Å²) < 4.78 is 59.4. The molecule has 0 aliphatic carbocycles. The molecule has 0 saturated carbocycles. The van der Waals surface area contributed by atoms with E-state index in [1.165, 1.54) is 36.6 Å². The Balaban J connectivity index is 3.02. The van der Waals surface area contributed by atoms with Gasteiger partial charge in [0.05, 0.1) is 9.79 Å². The molecule has 5 nitrogen and oxygen atoms in total. The lowest BCUT2D eigenvalue weighted by atomic mass is 10.1. The molecule has 0 aliphatic rings. The van der Waals surface area contributed by atoms with E-state index in [-0.39, 0.29) is 14.7 Å². The Labute approximate surface area is 130 Å². The molecule has 120 valence electrons. The van der Waals surface area contributed by atoms with Gasteiger partial charge in [-0.1, -0.05) is 6.07 Å². The van der Waals surface area contributed by atoms with E-state index < -0.39 is 29.2 Å². The smallest absolute Gasteiger partial charge is 0.176 e. The van der Waals surface area contributed by atoms with Crippen molar-refractivity contribution in [1.29, 1.82) is 0 Å². The molecule has 2 aromatic rings. The molecule has 0 radical (unpaired) electrons. The number of fused-ring (bicyclic) bond motifs is 1. The van der Waals surface area contributed by atoms with Gasteiger partial charge in [-0.05, 0) is 45.0 Å². The zero-order valence-electron chi connectivity index (χ0n) is 12.4. The minimum Gasteiger partial charge on any atom is -0.263 e. The molecule has 0 aromatic heterocycles. The van der Waals surface area contributed by atoms with Crippen LogP contribution in [0.15, 0.2) is 45.0 Å². The van der Waals surface area contributed by atoms with Crippen molar-refractivity contribution in [3.8, 4) is 0 Å². The molecule has 0 heterocycles. The zero-order chi connectivity index (χ0) is 16.9. The summed E-state index contributed by atoms with van der Waals surface area (Å²) in [7, 11) is -9.63. The third kappa shape index (κ3) is 3.34. The molecule has 0 N–H and O–H groups in total. The van der Waals surface area contributed by atoms with Crippen LogP contribution in [0.1, 0.15) is 0 Å². The quantitative estimate of drug-likeness (QED) is 0.772. The van der Waals surface area contributed by atoms with Crippen LogP contribution < -0.4 is 0 Å². The number of hydrogen-bond donors (Lipinski definition) is 0. The first-order valence-electron chi connectivity index (χ1n) is 6.10. The Morgan fingerprint density at radius 1 is 0.773 bits per heavy atom. The highest BCUT2D eigenvalue weighted by molar-refractivity contribution is 7.99. The van der Waals surface area contributed by atoms with Crippen LogP contribution in [-0.4, -0.2) is 45.7 Å². The Bertz CT molecular complexity index is 1070. The Morgan fingerprint density at radius 3 is 1.77 bits per heavy atom. The van der Waals surface area contributed by atoms with Gasteiger partial charge in [-0.3, -0.25) is 4.21 Å². The van der Waals surface area contributed by atoms with Gasteiger partial charge in [0, 0.05) is 29.0 Å². The molecule has 0 saturated heterocycles. The number of sulfone groups is 2. The van der Waals surface area contributed by atoms with Gasteiger partial charge in [-0.25, -0.2) is 16.8 Å². The molecule has 2 rings (SSSR count).